The highest BCUT2D eigenvalue weighted by Crippen LogP contribution is 2.32. The van der Waals surface area contributed by atoms with E-state index in [9.17, 15) is 23.2 Å². The van der Waals surface area contributed by atoms with E-state index < -0.39 is 23.0 Å². The summed E-state index contributed by atoms with van der Waals surface area (Å²) in [5.74, 6) is -2.71. The maximum Gasteiger partial charge on any atom is 0.274 e. The average Bonchev–Trinajstić information content (AvgIpc) is 3.15. The number of halogens is 2. The van der Waals surface area contributed by atoms with Crippen molar-refractivity contribution in [2.45, 2.75) is 38.5 Å². The standard InChI is InChI=1S/C27H25F2N3O4.C2H6O/c28-19-10-9-18(22(29)12-19)13-30-26(34)21-15-32-20-8-4-5-11-31(14-20)27(35)23(32)25(24(21)33)36-16-17-6-2-1-3-7-17;1-3-2/h1-3,6-7,9-10,12,15,20H,4-5,8,11,13-14,16H2,(H,30,34);1-2H3. The predicted molar refractivity (Wildman–Crippen MR) is 141 cm³/mol. The number of fused-ring (bicyclic) bond motifs is 4. The maximum absolute atomic E-state index is 14.0. The second-order valence-electron chi connectivity index (χ2n) is 9.46. The molecule has 1 fully saturated rings. The Kier molecular flexibility index (Phi) is 9.08. The Balaban J connectivity index is 0.00000112. The molecule has 0 aliphatic carbocycles. The first-order chi connectivity index (χ1) is 18.8. The molecule has 5 rings (SSSR count). The Morgan fingerprint density at radius 2 is 1.82 bits per heavy atom. The number of carbonyl (C=O) groups excluding carboxylic acids is 2. The summed E-state index contributed by atoms with van der Waals surface area (Å²) in [6.45, 7) is 0.914. The molecule has 2 aliphatic heterocycles. The summed E-state index contributed by atoms with van der Waals surface area (Å²) in [6.07, 6.45) is 3.97. The van der Waals surface area contributed by atoms with Gasteiger partial charge in [0, 0.05) is 51.7 Å². The molecule has 1 saturated heterocycles. The van der Waals surface area contributed by atoms with Crippen LogP contribution in [0.3, 0.4) is 0 Å². The monoisotopic (exact) mass is 539 g/mol. The molecule has 1 unspecified atom stereocenters. The van der Waals surface area contributed by atoms with Crippen LogP contribution in [0, 0.1) is 11.6 Å². The minimum atomic E-state index is -0.798. The van der Waals surface area contributed by atoms with Gasteiger partial charge in [-0.3, -0.25) is 14.4 Å². The highest BCUT2D eigenvalue weighted by atomic mass is 19.1. The number of pyridine rings is 1. The number of benzene rings is 2. The fourth-order valence-corrected chi connectivity index (χ4v) is 4.75. The largest absolute Gasteiger partial charge is 0.483 e. The summed E-state index contributed by atoms with van der Waals surface area (Å²) >= 11 is 0. The highest BCUT2D eigenvalue weighted by Gasteiger charge is 2.37. The number of hydrogen-bond donors (Lipinski definition) is 1. The number of aromatic nitrogens is 1. The van der Waals surface area contributed by atoms with Gasteiger partial charge in [0.15, 0.2) is 11.4 Å². The molecule has 39 heavy (non-hydrogen) atoms. The Morgan fingerprint density at radius 3 is 2.54 bits per heavy atom. The van der Waals surface area contributed by atoms with Gasteiger partial charge in [0.1, 0.15) is 23.8 Å². The fourth-order valence-electron chi connectivity index (χ4n) is 4.75. The molecule has 10 heteroatoms. The normalized spacial score (nSPS) is 15.9. The third kappa shape index (κ3) is 6.34. The zero-order chi connectivity index (χ0) is 27.9. The van der Waals surface area contributed by atoms with Gasteiger partial charge in [0.2, 0.25) is 5.43 Å². The quantitative estimate of drug-likeness (QED) is 0.510. The van der Waals surface area contributed by atoms with Gasteiger partial charge in [-0.25, -0.2) is 8.78 Å². The van der Waals surface area contributed by atoms with Crippen LogP contribution in [0.1, 0.15) is 57.3 Å². The molecule has 2 amide bonds. The lowest BCUT2D eigenvalue weighted by atomic mass is 10.1. The molecule has 3 aromatic rings. The van der Waals surface area contributed by atoms with Crippen molar-refractivity contribution in [3.63, 3.8) is 0 Å². The van der Waals surface area contributed by atoms with Crippen LogP contribution in [0.2, 0.25) is 0 Å². The zero-order valence-corrected chi connectivity index (χ0v) is 21.9. The van der Waals surface area contributed by atoms with E-state index in [0.717, 1.165) is 37.0 Å². The van der Waals surface area contributed by atoms with E-state index in [1.165, 1.54) is 12.3 Å². The molecule has 2 bridgehead atoms. The summed E-state index contributed by atoms with van der Waals surface area (Å²) in [5.41, 5.74) is 0.128. The van der Waals surface area contributed by atoms with Gasteiger partial charge in [0.05, 0.1) is 6.04 Å². The van der Waals surface area contributed by atoms with Crippen LogP contribution >= 0.6 is 0 Å². The summed E-state index contributed by atoms with van der Waals surface area (Å²) < 4.78 is 39.1. The van der Waals surface area contributed by atoms with E-state index >= 15 is 0 Å². The molecular weight excluding hydrogens is 508 g/mol. The van der Waals surface area contributed by atoms with E-state index in [4.69, 9.17) is 4.74 Å². The third-order valence-corrected chi connectivity index (χ3v) is 6.65. The molecular formula is C29H31F2N3O5. The van der Waals surface area contributed by atoms with Gasteiger partial charge in [-0.2, -0.15) is 0 Å². The number of amides is 2. The summed E-state index contributed by atoms with van der Waals surface area (Å²) in [5, 5.41) is 2.54. The van der Waals surface area contributed by atoms with Crippen LogP contribution < -0.4 is 15.5 Å². The van der Waals surface area contributed by atoms with Crippen LogP contribution in [-0.2, 0) is 17.9 Å². The average molecular weight is 540 g/mol. The molecule has 2 aliphatic rings. The predicted octanol–water partition coefficient (Wildman–Crippen LogP) is 4.08. The van der Waals surface area contributed by atoms with Crippen molar-refractivity contribution >= 4 is 11.8 Å². The Bertz CT molecular complexity index is 1390. The number of methoxy groups -OCH3 is 1. The first kappa shape index (κ1) is 28.0. The first-order valence-corrected chi connectivity index (χ1v) is 12.7. The molecule has 3 heterocycles. The first-order valence-electron chi connectivity index (χ1n) is 12.7. The SMILES string of the molecule is COC.O=C(NCc1ccc(F)cc1F)c1cn2c(c(OCc3ccccc3)c1=O)C(=O)N1CCCCC2C1. The summed E-state index contributed by atoms with van der Waals surface area (Å²) in [6, 6.07) is 12.2. The number of hydrogen-bond acceptors (Lipinski definition) is 5. The Labute approximate surface area is 225 Å². The molecule has 206 valence electrons. The van der Waals surface area contributed by atoms with E-state index in [1.807, 2.05) is 30.3 Å². The lowest BCUT2D eigenvalue weighted by Gasteiger charge is -2.35. The van der Waals surface area contributed by atoms with Crippen molar-refractivity contribution in [2.75, 3.05) is 27.3 Å². The molecule has 0 radical (unpaired) electrons. The zero-order valence-electron chi connectivity index (χ0n) is 21.9. The number of nitrogens with zero attached hydrogens (tertiary/aromatic N) is 2. The van der Waals surface area contributed by atoms with Crippen LogP contribution in [0.4, 0.5) is 8.78 Å². The number of ether oxygens (including phenoxy) is 2. The Morgan fingerprint density at radius 1 is 1.08 bits per heavy atom. The number of carbonyl (C=O) groups is 2. The van der Waals surface area contributed by atoms with Crippen LogP contribution in [0.5, 0.6) is 5.75 Å². The summed E-state index contributed by atoms with van der Waals surface area (Å²) in [4.78, 5) is 41.6. The van der Waals surface area contributed by atoms with Gasteiger partial charge in [-0.15, -0.1) is 0 Å². The van der Waals surface area contributed by atoms with Crippen LogP contribution in [-0.4, -0.2) is 48.6 Å². The second-order valence-corrected chi connectivity index (χ2v) is 9.46. The van der Waals surface area contributed by atoms with Crippen molar-refractivity contribution in [1.82, 2.24) is 14.8 Å². The van der Waals surface area contributed by atoms with Crippen LogP contribution in [0.25, 0.3) is 0 Å². The minimum absolute atomic E-state index is 0.0485. The van der Waals surface area contributed by atoms with Crippen molar-refractivity contribution in [3.8, 4) is 5.75 Å². The third-order valence-electron chi connectivity index (χ3n) is 6.65. The lowest BCUT2D eigenvalue weighted by molar-refractivity contribution is 0.0673. The van der Waals surface area contributed by atoms with Crippen LogP contribution in [0.15, 0.2) is 59.5 Å². The van der Waals surface area contributed by atoms with E-state index in [0.29, 0.717) is 13.1 Å². The van der Waals surface area contributed by atoms with E-state index in [1.54, 1.807) is 23.7 Å². The van der Waals surface area contributed by atoms with Gasteiger partial charge in [-0.05, 0) is 30.9 Å². The fraction of sp³-hybridized carbons (Fsp3) is 0.345. The van der Waals surface area contributed by atoms with Gasteiger partial charge in [0.25, 0.3) is 11.8 Å². The number of nitrogens with one attached hydrogen (secondary N) is 1. The van der Waals surface area contributed by atoms with Gasteiger partial charge >= 0.3 is 0 Å². The number of rotatable bonds is 6. The van der Waals surface area contributed by atoms with Crippen molar-refractivity contribution in [1.29, 1.82) is 0 Å². The Hall–Kier alpha value is -4.05. The molecule has 1 N–H and O–H groups in total. The molecule has 1 aromatic heterocycles. The maximum atomic E-state index is 14.0. The lowest BCUT2D eigenvalue weighted by Crippen LogP contribution is -2.44. The highest BCUT2D eigenvalue weighted by molar-refractivity contribution is 5.99. The van der Waals surface area contributed by atoms with E-state index in [-0.39, 0.29) is 47.7 Å². The second kappa shape index (κ2) is 12.7. The molecule has 0 saturated carbocycles. The molecule has 0 spiro atoms. The van der Waals surface area contributed by atoms with Crippen molar-refractivity contribution in [2.24, 2.45) is 0 Å². The topological polar surface area (TPSA) is 89.9 Å². The van der Waals surface area contributed by atoms with Crippen molar-refractivity contribution in [3.05, 3.63) is 99.0 Å². The van der Waals surface area contributed by atoms with E-state index in [2.05, 4.69) is 10.1 Å². The minimum Gasteiger partial charge on any atom is -0.483 e. The smallest absolute Gasteiger partial charge is 0.274 e. The molecule has 8 nitrogen and oxygen atoms in total. The summed E-state index contributed by atoms with van der Waals surface area (Å²) in [7, 11) is 3.25. The van der Waals surface area contributed by atoms with Gasteiger partial charge < -0.3 is 24.3 Å². The van der Waals surface area contributed by atoms with Crippen molar-refractivity contribution < 1.29 is 27.8 Å². The van der Waals surface area contributed by atoms with Gasteiger partial charge in [-0.1, -0.05) is 36.4 Å². The molecule has 2 aromatic carbocycles. The molecule has 1 atom stereocenters.